The number of hydrogen-bond acceptors (Lipinski definition) is 6. The number of carbonyl (C=O) groups is 1. The van der Waals surface area contributed by atoms with E-state index in [1.165, 1.54) is 0 Å². The van der Waals surface area contributed by atoms with Gasteiger partial charge in [-0.2, -0.15) is 16.7 Å². The van der Waals surface area contributed by atoms with Gasteiger partial charge in [-0.25, -0.2) is 0 Å². The van der Waals surface area contributed by atoms with Gasteiger partial charge in [-0.1, -0.05) is 59.2 Å². The third-order valence-electron chi connectivity index (χ3n) is 6.07. The maximum absolute atomic E-state index is 12.7. The van der Waals surface area contributed by atoms with E-state index in [4.69, 9.17) is 16.1 Å². The Balaban J connectivity index is 1.17. The van der Waals surface area contributed by atoms with Gasteiger partial charge >= 0.3 is 0 Å². The molecule has 1 saturated heterocycles. The van der Waals surface area contributed by atoms with Crippen LogP contribution in [0.2, 0.25) is 5.02 Å². The Morgan fingerprint density at radius 3 is 2.91 bits per heavy atom. The van der Waals surface area contributed by atoms with E-state index in [2.05, 4.69) is 26.4 Å². The fourth-order valence-corrected chi connectivity index (χ4v) is 5.43. The van der Waals surface area contributed by atoms with Crippen molar-refractivity contribution in [3.63, 3.8) is 0 Å². The van der Waals surface area contributed by atoms with E-state index < -0.39 is 0 Å². The molecule has 0 bridgehead atoms. The Morgan fingerprint density at radius 1 is 1.24 bits per heavy atom. The van der Waals surface area contributed by atoms with Gasteiger partial charge in [0.1, 0.15) is 0 Å². The van der Waals surface area contributed by atoms with Crippen molar-refractivity contribution in [2.75, 3.05) is 25.4 Å². The quantitative estimate of drug-likeness (QED) is 0.380. The smallest absolute Gasteiger partial charge is 0.241 e. The zero-order chi connectivity index (χ0) is 23.8. The minimum atomic E-state index is 0.00304. The highest BCUT2D eigenvalue weighted by molar-refractivity contribution is 7.98. The van der Waals surface area contributed by atoms with E-state index in [1.54, 1.807) is 0 Å². The van der Waals surface area contributed by atoms with Crippen molar-refractivity contribution in [1.82, 2.24) is 20.4 Å². The first kappa shape index (κ1) is 24.8. The summed E-state index contributed by atoms with van der Waals surface area (Å²) in [6.45, 7) is 4.96. The van der Waals surface area contributed by atoms with Crippen molar-refractivity contribution in [1.29, 1.82) is 0 Å². The molecule has 2 aromatic carbocycles. The molecule has 6 nitrogen and oxygen atoms in total. The number of aromatic nitrogens is 2. The summed E-state index contributed by atoms with van der Waals surface area (Å²) in [5.41, 5.74) is 3.26. The largest absolute Gasteiger partial charge is 0.356 e. The molecular weight excluding hydrogens is 468 g/mol. The van der Waals surface area contributed by atoms with Crippen LogP contribution in [0, 0.1) is 12.8 Å². The molecule has 1 amide bonds. The van der Waals surface area contributed by atoms with Crippen LogP contribution >= 0.6 is 23.4 Å². The van der Waals surface area contributed by atoms with Gasteiger partial charge in [-0.15, -0.1) is 0 Å². The number of thioether (sulfide) groups is 1. The molecule has 3 aromatic rings. The van der Waals surface area contributed by atoms with Gasteiger partial charge in [0.15, 0.2) is 0 Å². The van der Waals surface area contributed by atoms with E-state index in [0.717, 1.165) is 65.6 Å². The van der Waals surface area contributed by atoms with Gasteiger partial charge in [-0.05, 0) is 55.7 Å². The third-order valence-corrected chi connectivity index (χ3v) is 7.53. The van der Waals surface area contributed by atoms with Gasteiger partial charge in [0, 0.05) is 29.4 Å². The number of likely N-dealkylation sites (tertiary alicyclic amines) is 1. The summed E-state index contributed by atoms with van der Waals surface area (Å²) in [4.78, 5) is 19.5. The maximum atomic E-state index is 12.7. The van der Waals surface area contributed by atoms with E-state index >= 15 is 0 Å². The second kappa shape index (κ2) is 12.4. The molecule has 0 spiro atoms. The van der Waals surface area contributed by atoms with Gasteiger partial charge in [0.2, 0.25) is 17.6 Å². The van der Waals surface area contributed by atoms with Crippen LogP contribution in [0.1, 0.15) is 36.3 Å². The van der Waals surface area contributed by atoms with Gasteiger partial charge < -0.3 is 9.84 Å². The van der Waals surface area contributed by atoms with Crippen molar-refractivity contribution < 1.29 is 9.32 Å². The lowest BCUT2D eigenvalue weighted by Crippen LogP contribution is -2.43. The standard InChI is InChI=1S/C26H31ClN4O2S/c1-19-8-2-4-11-22(19)25-29-24(33-30-25)17-31-14-6-10-20(16-31)26(32)28-13-7-15-34-18-21-9-3-5-12-23(21)27/h2-5,8-9,11-12,20H,6-7,10,13-18H2,1H3,(H,28,32). The highest BCUT2D eigenvalue weighted by Crippen LogP contribution is 2.23. The minimum absolute atomic E-state index is 0.00304. The molecule has 0 aliphatic carbocycles. The molecule has 0 radical (unpaired) electrons. The molecule has 1 fully saturated rings. The summed E-state index contributed by atoms with van der Waals surface area (Å²) in [5, 5.41) is 8.09. The normalized spacial score (nSPS) is 16.5. The summed E-state index contributed by atoms with van der Waals surface area (Å²) in [7, 11) is 0. The van der Waals surface area contributed by atoms with Crippen LogP contribution in [0.4, 0.5) is 0 Å². The molecule has 1 atom stereocenters. The first-order valence-electron chi connectivity index (χ1n) is 11.8. The molecule has 2 heterocycles. The van der Waals surface area contributed by atoms with Crippen LogP contribution in [0.15, 0.2) is 53.1 Å². The van der Waals surface area contributed by atoms with Crippen molar-refractivity contribution >= 4 is 29.3 Å². The highest BCUT2D eigenvalue weighted by atomic mass is 35.5. The average molecular weight is 499 g/mol. The number of nitrogens with zero attached hydrogens (tertiary/aromatic N) is 3. The van der Waals surface area contributed by atoms with Crippen LogP contribution in [0.25, 0.3) is 11.4 Å². The molecule has 1 aliphatic rings. The lowest BCUT2D eigenvalue weighted by Gasteiger charge is -2.30. The number of halogens is 1. The number of carbonyl (C=O) groups excluding carboxylic acids is 1. The number of amides is 1. The molecule has 1 aliphatic heterocycles. The highest BCUT2D eigenvalue weighted by Gasteiger charge is 2.26. The van der Waals surface area contributed by atoms with Crippen molar-refractivity contribution in [3.8, 4) is 11.4 Å². The van der Waals surface area contributed by atoms with Gasteiger partial charge in [0.05, 0.1) is 12.5 Å². The van der Waals surface area contributed by atoms with Crippen molar-refractivity contribution in [2.45, 2.75) is 38.5 Å². The van der Waals surface area contributed by atoms with E-state index in [0.29, 0.717) is 24.8 Å². The maximum Gasteiger partial charge on any atom is 0.241 e. The topological polar surface area (TPSA) is 71.3 Å². The molecule has 1 N–H and O–H groups in total. The molecular formula is C26H31ClN4O2S. The van der Waals surface area contributed by atoms with Crippen LogP contribution < -0.4 is 5.32 Å². The predicted molar refractivity (Wildman–Crippen MR) is 138 cm³/mol. The lowest BCUT2D eigenvalue weighted by atomic mass is 9.97. The summed E-state index contributed by atoms with van der Waals surface area (Å²) in [6.07, 6.45) is 2.85. The van der Waals surface area contributed by atoms with E-state index in [1.807, 2.05) is 61.2 Å². The predicted octanol–water partition coefficient (Wildman–Crippen LogP) is 5.35. The Hall–Kier alpha value is -2.35. The Morgan fingerprint density at radius 2 is 2.06 bits per heavy atom. The minimum Gasteiger partial charge on any atom is -0.356 e. The molecule has 8 heteroatoms. The van der Waals surface area contributed by atoms with Crippen LogP contribution in [0.3, 0.4) is 0 Å². The number of nitrogens with one attached hydrogen (secondary N) is 1. The summed E-state index contributed by atoms with van der Waals surface area (Å²) in [5.74, 6) is 3.24. The van der Waals surface area contributed by atoms with E-state index in [9.17, 15) is 4.79 Å². The zero-order valence-corrected chi connectivity index (χ0v) is 21.1. The molecule has 180 valence electrons. The van der Waals surface area contributed by atoms with Gasteiger partial charge in [-0.3, -0.25) is 9.69 Å². The number of piperidine rings is 1. The molecule has 1 unspecified atom stereocenters. The van der Waals surface area contributed by atoms with Crippen LogP contribution in [0.5, 0.6) is 0 Å². The van der Waals surface area contributed by atoms with Crippen LogP contribution in [-0.2, 0) is 17.1 Å². The van der Waals surface area contributed by atoms with E-state index in [-0.39, 0.29) is 11.8 Å². The molecule has 34 heavy (non-hydrogen) atoms. The monoisotopic (exact) mass is 498 g/mol. The van der Waals surface area contributed by atoms with Crippen LogP contribution in [-0.4, -0.2) is 46.3 Å². The number of aryl methyl sites for hydroxylation is 1. The fraction of sp³-hybridized carbons (Fsp3) is 0.423. The number of benzene rings is 2. The van der Waals surface area contributed by atoms with Gasteiger partial charge in [0.25, 0.3) is 0 Å². The summed E-state index contributed by atoms with van der Waals surface area (Å²) >= 11 is 8.05. The zero-order valence-electron chi connectivity index (χ0n) is 19.5. The number of rotatable bonds is 10. The lowest BCUT2D eigenvalue weighted by molar-refractivity contribution is -0.126. The Bertz CT molecular complexity index is 1090. The Labute approximate surface area is 210 Å². The SMILES string of the molecule is Cc1ccccc1-c1noc(CN2CCCC(C(=O)NCCCSCc3ccccc3Cl)C2)n1. The van der Waals surface area contributed by atoms with Crippen molar-refractivity contribution in [2.24, 2.45) is 5.92 Å². The van der Waals surface area contributed by atoms with Crippen molar-refractivity contribution in [3.05, 3.63) is 70.6 Å². The number of hydrogen-bond donors (Lipinski definition) is 1. The Kier molecular flexibility index (Phi) is 9.02. The average Bonchev–Trinajstić information content (AvgIpc) is 3.30. The third kappa shape index (κ3) is 6.84. The molecule has 0 saturated carbocycles. The summed E-state index contributed by atoms with van der Waals surface area (Å²) < 4.78 is 5.50. The first-order valence-corrected chi connectivity index (χ1v) is 13.3. The second-order valence-corrected chi connectivity index (χ2v) is 10.2. The first-order chi connectivity index (χ1) is 16.6. The molecule has 1 aromatic heterocycles. The summed E-state index contributed by atoms with van der Waals surface area (Å²) in [6, 6.07) is 16.0. The fourth-order valence-electron chi connectivity index (χ4n) is 4.18. The molecule has 4 rings (SSSR count). The second-order valence-electron chi connectivity index (χ2n) is 8.69.